The average molecular weight is 295 g/mol. The van der Waals surface area contributed by atoms with Crippen molar-refractivity contribution < 1.29 is 4.79 Å². The van der Waals surface area contributed by atoms with E-state index in [2.05, 4.69) is 17.2 Å². The van der Waals surface area contributed by atoms with Gasteiger partial charge in [-0.25, -0.2) is 0 Å². The Morgan fingerprint density at radius 3 is 2.44 bits per heavy atom. The van der Waals surface area contributed by atoms with Gasteiger partial charge in [-0.05, 0) is 38.5 Å². The van der Waals surface area contributed by atoms with Crippen molar-refractivity contribution in [3.05, 3.63) is 12.7 Å². The summed E-state index contributed by atoms with van der Waals surface area (Å²) in [5, 5.41) is 6.75. The highest BCUT2D eigenvalue weighted by Crippen LogP contribution is 2.26. The van der Waals surface area contributed by atoms with Gasteiger partial charge in [-0.15, -0.1) is 31.4 Å². The molecule has 0 aliphatic carbocycles. The van der Waals surface area contributed by atoms with E-state index in [1.54, 1.807) is 0 Å². The summed E-state index contributed by atoms with van der Waals surface area (Å²) in [6.07, 6.45) is 9.18. The molecule has 0 spiro atoms. The maximum Gasteiger partial charge on any atom is 0.220 e. The van der Waals surface area contributed by atoms with Crippen molar-refractivity contribution >= 4 is 30.7 Å². The van der Waals surface area contributed by atoms with Gasteiger partial charge < -0.3 is 10.6 Å². The molecule has 2 fully saturated rings. The lowest BCUT2D eigenvalue weighted by Gasteiger charge is -2.29. The number of unbranched alkanes of at least 4 members (excludes halogenated alkanes) is 1. The van der Waals surface area contributed by atoms with Crippen LogP contribution in [0.15, 0.2) is 12.7 Å². The first-order valence-corrected chi connectivity index (χ1v) is 6.44. The smallest absolute Gasteiger partial charge is 0.220 e. The number of piperidine rings is 1. The number of allylic oxidation sites excluding steroid dienone is 1. The summed E-state index contributed by atoms with van der Waals surface area (Å²) in [6.45, 7) is 3.66. The number of hydrogen-bond donors (Lipinski definition) is 2. The van der Waals surface area contributed by atoms with Crippen LogP contribution in [-0.4, -0.2) is 24.0 Å². The number of rotatable bonds is 5. The summed E-state index contributed by atoms with van der Waals surface area (Å²) in [4.78, 5) is 11.7. The molecule has 1 amide bonds. The Labute approximate surface area is 122 Å². The van der Waals surface area contributed by atoms with Crippen LogP contribution in [0.5, 0.6) is 0 Å². The Morgan fingerprint density at radius 1 is 1.28 bits per heavy atom. The van der Waals surface area contributed by atoms with Crippen LogP contribution < -0.4 is 10.6 Å². The first-order valence-electron chi connectivity index (χ1n) is 6.44. The Morgan fingerprint density at radius 2 is 1.89 bits per heavy atom. The van der Waals surface area contributed by atoms with Gasteiger partial charge in [-0.3, -0.25) is 4.79 Å². The van der Waals surface area contributed by atoms with E-state index in [1.165, 1.54) is 12.8 Å². The van der Waals surface area contributed by atoms with Crippen LogP contribution in [0, 0.1) is 0 Å². The second-order valence-electron chi connectivity index (χ2n) is 5.05. The summed E-state index contributed by atoms with van der Waals surface area (Å²) >= 11 is 0. The van der Waals surface area contributed by atoms with Gasteiger partial charge in [0.1, 0.15) is 0 Å². The van der Waals surface area contributed by atoms with Crippen LogP contribution in [-0.2, 0) is 4.79 Å². The molecule has 0 aromatic heterocycles. The zero-order valence-corrected chi connectivity index (χ0v) is 12.3. The molecule has 0 aromatic rings. The molecule has 0 radical (unpaired) electrons. The quantitative estimate of drug-likeness (QED) is 0.604. The molecule has 106 valence electrons. The zero-order chi connectivity index (χ0) is 11.4. The number of halogens is 2. The number of fused-ring (bicyclic) bond motifs is 2. The lowest BCUT2D eigenvalue weighted by molar-refractivity contribution is -0.122. The number of nitrogens with one attached hydrogen (secondary N) is 2. The van der Waals surface area contributed by atoms with Gasteiger partial charge in [0.05, 0.1) is 0 Å². The summed E-state index contributed by atoms with van der Waals surface area (Å²) < 4.78 is 0. The monoisotopic (exact) mass is 294 g/mol. The van der Waals surface area contributed by atoms with Gasteiger partial charge in [0, 0.05) is 24.5 Å². The molecule has 2 heterocycles. The molecule has 18 heavy (non-hydrogen) atoms. The van der Waals surface area contributed by atoms with Crippen molar-refractivity contribution in [1.29, 1.82) is 0 Å². The van der Waals surface area contributed by atoms with Crippen molar-refractivity contribution in [3.8, 4) is 0 Å². The van der Waals surface area contributed by atoms with E-state index >= 15 is 0 Å². The predicted molar refractivity (Wildman–Crippen MR) is 79.7 cm³/mol. The minimum absolute atomic E-state index is 0. The van der Waals surface area contributed by atoms with Crippen molar-refractivity contribution in [3.63, 3.8) is 0 Å². The molecule has 0 saturated carbocycles. The average Bonchev–Trinajstić information content (AvgIpc) is 2.58. The van der Waals surface area contributed by atoms with E-state index in [4.69, 9.17) is 0 Å². The van der Waals surface area contributed by atoms with Crippen LogP contribution in [0.3, 0.4) is 0 Å². The van der Waals surface area contributed by atoms with Gasteiger partial charge >= 0.3 is 0 Å². The standard InChI is InChI=1S/C13H22N2O.2ClH/c1-2-3-4-5-13(16)15-12-8-10-6-7-11(9-12)14-10;;/h2,10-12,14H,1,3-9H2,(H,15,16);2*1H. The predicted octanol–water partition coefficient (Wildman–Crippen LogP) is 2.59. The Balaban J connectivity index is 0.00000144. The van der Waals surface area contributed by atoms with Crippen LogP contribution >= 0.6 is 24.8 Å². The maximum absolute atomic E-state index is 11.7. The van der Waals surface area contributed by atoms with Gasteiger partial charge in [-0.2, -0.15) is 0 Å². The van der Waals surface area contributed by atoms with E-state index in [1.807, 2.05) is 6.08 Å². The fourth-order valence-electron chi connectivity index (χ4n) is 2.88. The van der Waals surface area contributed by atoms with Crippen molar-refractivity contribution in [1.82, 2.24) is 10.6 Å². The van der Waals surface area contributed by atoms with Gasteiger partial charge in [0.25, 0.3) is 0 Å². The topological polar surface area (TPSA) is 41.1 Å². The van der Waals surface area contributed by atoms with Crippen molar-refractivity contribution in [2.45, 2.75) is 63.1 Å². The highest BCUT2D eigenvalue weighted by atomic mass is 35.5. The Kier molecular flexibility index (Phi) is 8.66. The molecule has 2 aliphatic rings. The van der Waals surface area contributed by atoms with Crippen LogP contribution in [0.2, 0.25) is 0 Å². The lowest BCUT2D eigenvalue weighted by atomic mass is 9.99. The summed E-state index contributed by atoms with van der Waals surface area (Å²) in [5.74, 6) is 0.216. The van der Waals surface area contributed by atoms with Crippen molar-refractivity contribution in [2.24, 2.45) is 0 Å². The second kappa shape index (κ2) is 8.78. The summed E-state index contributed by atoms with van der Waals surface area (Å²) in [6, 6.07) is 1.71. The molecule has 2 atom stereocenters. The number of carbonyl (C=O) groups excluding carboxylic acids is 1. The molecule has 2 rings (SSSR count). The second-order valence-corrected chi connectivity index (χ2v) is 5.05. The number of hydrogen-bond acceptors (Lipinski definition) is 2. The Bertz CT molecular complexity index is 262. The largest absolute Gasteiger partial charge is 0.353 e. The number of amides is 1. The molecule has 2 saturated heterocycles. The first-order chi connectivity index (χ1) is 7.78. The summed E-state index contributed by atoms with van der Waals surface area (Å²) in [5.41, 5.74) is 0. The third kappa shape index (κ3) is 5.17. The van der Waals surface area contributed by atoms with Gasteiger partial charge in [-0.1, -0.05) is 6.08 Å². The third-order valence-electron chi connectivity index (χ3n) is 3.65. The molecular formula is C13H24Cl2N2O. The fourth-order valence-corrected chi connectivity index (χ4v) is 2.88. The Hall–Kier alpha value is -0.250. The van der Waals surface area contributed by atoms with E-state index in [0.29, 0.717) is 24.5 Å². The van der Waals surface area contributed by atoms with Crippen LogP contribution in [0.4, 0.5) is 0 Å². The first kappa shape index (κ1) is 17.8. The normalized spacial score (nSPS) is 28.8. The molecule has 0 aromatic carbocycles. The summed E-state index contributed by atoms with van der Waals surface area (Å²) in [7, 11) is 0. The number of carbonyl (C=O) groups is 1. The fraction of sp³-hybridized carbons (Fsp3) is 0.769. The van der Waals surface area contributed by atoms with Crippen LogP contribution in [0.1, 0.15) is 44.9 Å². The van der Waals surface area contributed by atoms with Crippen molar-refractivity contribution in [2.75, 3.05) is 0 Å². The SMILES string of the molecule is C=CCCCC(=O)NC1CC2CCC(C1)N2.Cl.Cl. The van der Waals surface area contributed by atoms with E-state index in [-0.39, 0.29) is 30.7 Å². The highest BCUT2D eigenvalue weighted by Gasteiger charge is 2.33. The molecule has 2 bridgehead atoms. The molecule has 2 aliphatic heterocycles. The third-order valence-corrected chi connectivity index (χ3v) is 3.65. The molecule has 5 heteroatoms. The minimum Gasteiger partial charge on any atom is -0.353 e. The van der Waals surface area contributed by atoms with E-state index in [0.717, 1.165) is 25.7 Å². The lowest BCUT2D eigenvalue weighted by Crippen LogP contribution is -2.47. The maximum atomic E-state index is 11.7. The molecule has 2 unspecified atom stereocenters. The molecule has 2 N–H and O–H groups in total. The van der Waals surface area contributed by atoms with Crippen LogP contribution in [0.25, 0.3) is 0 Å². The van der Waals surface area contributed by atoms with E-state index < -0.39 is 0 Å². The highest BCUT2D eigenvalue weighted by molar-refractivity contribution is 5.85. The van der Waals surface area contributed by atoms with E-state index in [9.17, 15) is 4.79 Å². The van der Waals surface area contributed by atoms with Gasteiger partial charge in [0.2, 0.25) is 5.91 Å². The zero-order valence-electron chi connectivity index (χ0n) is 10.7. The van der Waals surface area contributed by atoms with Gasteiger partial charge in [0.15, 0.2) is 0 Å². The molecule has 3 nitrogen and oxygen atoms in total. The molecular weight excluding hydrogens is 271 g/mol. The minimum atomic E-state index is 0.